The fraction of sp³-hybridized carbons (Fsp3) is 0.333. The van der Waals surface area contributed by atoms with Gasteiger partial charge in [0.15, 0.2) is 0 Å². The molecule has 20 heavy (non-hydrogen) atoms. The number of para-hydroxylation sites is 1. The van der Waals surface area contributed by atoms with Crippen LogP contribution in [0.3, 0.4) is 0 Å². The van der Waals surface area contributed by atoms with E-state index in [2.05, 4.69) is 49.5 Å². The summed E-state index contributed by atoms with van der Waals surface area (Å²) < 4.78 is 0. The Hall–Kier alpha value is -1.47. The summed E-state index contributed by atoms with van der Waals surface area (Å²) in [4.78, 5) is 0. The second-order valence-corrected chi connectivity index (χ2v) is 6.65. The quantitative estimate of drug-likeness (QED) is 0.772. The zero-order chi connectivity index (χ0) is 14.2. The Morgan fingerprint density at radius 3 is 2.55 bits per heavy atom. The average molecular weight is 286 g/mol. The number of nitrogens with one attached hydrogen (secondary N) is 1. The molecule has 0 amide bonds. The van der Waals surface area contributed by atoms with E-state index in [4.69, 9.17) is 11.6 Å². The fourth-order valence-corrected chi connectivity index (χ4v) is 3.26. The summed E-state index contributed by atoms with van der Waals surface area (Å²) in [5.74, 6) is 0. The minimum atomic E-state index is 0.216. The van der Waals surface area contributed by atoms with Crippen molar-refractivity contribution in [2.45, 2.75) is 32.7 Å². The lowest BCUT2D eigenvalue weighted by Crippen LogP contribution is -2.33. The molecule has 0 fully saturated rings. The molecule has 1 atom stereocenters. The first-order chi connectivity index (χ1) is 9.58. The van der Waals surface area contributed by atoms with Crippen LogP contribution in [0.4, 0.5) is 5.69 Å². The molecule has 2 heteroatoms. The average Bonchev–Trinajstić information content (AvgIpc) is 2.44. The van der Waals surface area contributed by atoms with Crippen LogP contribution in [-0.4, -0.2) is 0 Å². The number of aryl methyl sites for hydroxylation is 1. The first-order valence-corrected chi connectivity index (χ1v) is 7.54. The largest absolute Gasteiger partial charge is 0.376 e. The highest BCUT2D eigenvalue weighted by molar-refractivity contribution is 6.33. The van der Waals surface area contributed by atoms with Crippen molar-refractivity contribution < 1.29 is 0 Å². The van der Waals surface area contributed by atoms with Crippen LogP contribution < -0.4 is 5.32 Å². The van der Waals surface area contributed by atoms with Gasteiger partial charge in [0, 0.05) is 0 Å². The van der Waals surface area contributed by atoms with Crippen LogP contribution in [0.15, 0.2) is 48.5 Å². The van der Waals surface area contributed by atoms with Crippen molar-refractivity contribution in [1.29, 1.82) is 0 Å². The molecular formula is C18H20ClN. The Balaban J connectivity index is 2.00. The zero-order valence-corrected chi connectivity index (χ0v) is 12.7. The van der Waals surface area contributed by atoms with E-state index in [9.17, 15) is 0 Å². The predicted octanol–water partition coefficient (Wildman–Crippen LogP) is 5.47. The van der Waals surface area contributed by atoms with Crippen molar-refractivity contribution >= 4 is 17.3 Å². The van der Waals surface area contributed by atoms with E-state index < -0.39 is 0 Å². The SMILES string of the molecule is CC1(C)CCc2ccccc2C1Nc1ccccc1Cl. The highest BCUT2D eigenvalue weighted by Gasteiger charge is 2.35. The van der Waals surface area contributed by atoms with Gasteiger partial charge < -0.3 is 5.32 Å². The number of halogens is 1. The van der Waals surface area contributed by atoms with Crippen LogP contribution in [0.25, 0.3) is 0 Å². The van der Waals surface area contributed by atoms with E-state index in [0.717, 1.165) is 17.1 Å². The molecule has 2 aromatic carbocycles. The number of hydrogen-bond acceptors (Lipinski definition) is 1. The van der Waals surface area contributed by atoms with Gasteiger partial charge in [-0.25, -0.2) is 0 Å². The van der Waals surface area contributed by atoms with Gasteiger partial charge in [-0.2, -0.15) is 0 Å². The lowest BCUT2D eigenvalue weighted by atomic mass is 9.70. The Labute approximate surface area is 126 Å². The molecule has 0 heterocycles. The molecule has 0 aliphatic heterocycles. The highest BCUT2D eigenvalue weighted by Crippen LogP contribution is 2.45. The summed E-state index contributed by atoms with van der Waals surface area (Å²) in [6.07, 6.45) is 2.34. The summed E-state index contributed by atoms with van der Waals surface area (Å²) in [6.45, 7) is 4.66. The van der Waals surface area contributed by atoms with Gasteiger partial charge in [0.05, 0.1) is 16.8 Å². The second kappa shape index (κ2) is 5.14. The molecule has 1 nitrogen and oxygen atoms in total. The first-order valence-electron chi connectivity index (χ1n) is 7.17. The molecule has 0 saturated heterocycles. The van der Waals surface area contributed by atoms with E-state index in [0.29, 0.717) is 6.04 Å². The van der Waals surface area contributed by atoms with Gasteiger partial charge in [0.2, 0.25) is 0 Å². The van der Waals surface area contributed by atoms with Gasteiger partial charge in [-0.15, -0.1) is 0 Å². The van der Waals surface area contributed by atoms with Crippen LogP contribution in [0.1, 0.15) is 37.4 Å². The molecule has 0 bridgehead atoms. The molecule has 2 aromatic rings. The maximum absolute atomic E-state index is 6.30. The van der Waals surface area contributed by atoms with Crippen molar-refractivity contribution in [2.24, 2.45) is 5.41 Å². The third kappa shape index (κ3) is 2.43. The summed E-state index contributed by atoms with van der Waals surface area (Å²) in [7, 11) is 0. The van der Waals surface area contributed by atoms with Gasteiger partial charge in [-0.05, 0) is 41.5 Å². The maximum atomic E-state index is 6.30. The maximum Gasteiger partial charge on any atom is 0.0637 e. The van der Waals surface area contributed by atoms with E-state index in [1.54, 1.807) is 0 Å². The number of anilines is 1. The second-order valence-electron chi connectivity index (χ2n) is 6.24. The van der Waals surface area contributed by atoms with Gasteiger partial charge >= 0.3 is 0 Å². The monoisotopic (exact) mass is 285 g/mol. The Morgan fingerprint density at radius 2 is 1.75 bits per heavy atom. The van der Waals surface area contributed by atoms with Gasteiger partial charge in [-0.3, -0.25) is 0 Å². The molecule has 1 aliphatic carbocycles. The van der Waals surface area contributed by atoms with Crippen LogP contribution in [-0.2, 0) is 6.42 Å². The van der Waals surface area contributed by atoms with Gasteiger partial charge in [0.1, 0.15) is 0 Å². The number of fused-ring (bicyclic) bond motifs is 1. The van der Waals surface area contributed by atoms with Crippen molar-refractivity contribution in [3.8, 4) is 0 Å². The molecule has 0 aromatic heterocycles. The van der Waals surface area contributed by atoms with Crippen molar-refractivity contribution in [3.05, 3.63) is 64.7 Å². The predicted molar refractivity (Wildman–Crippen MR) is 86.4 cm³/mol. The number of rotatable bonds is 2. The molecular weight excluding hydrogens is 266 g/mol. The third-order valence-electron chi connectivity index (χ3n) is 4.36. The van der Waals surface area contributed by atoms with Crippen molar-refractivity contribution in [3.63, 3.8) is 0 Å². The smallest absolute Gasteiger partial charge is 0.0637 e. The Morgan fingerprint density at radius 1 is 1.05 bits per heavy atom. The van der Waals surface area contributed by atoms with Crippen LogP contribution in [0, 0.1) is 5.41 Å². The van der Waals surface area contributed by atoms with Gasteiger partial charge in [0.25, 0.3) is 0 Å². The molecule has 0 saturated carbocycles. The Kier molecular flexibility index (Phi) is 3.47. The molecule has 1 unspecified atom stereocenters. The summed E-state index contributed by atoms with van der Waals surface area (Å²) in [5, 5.41) is 4.45. The fourth-order valence-electron chi connectivity index (χ4n) is 3.07. The molecule has 104 valence electrons. The zero-order valence-electron chi connectivity index (χ0n) is 12.0. The normalized spacial score (nSPS) is 20.2. The van der Waals surface area contributed by atoms with Gasteiger partial charge in [-0.1, -0.05) is 61.8 Å². The first kappa shape index (κ1) is 13.5. The highest BCUT2D eigenvalue weighted by atomic mass is 35.5. The summed E-state index contributed by atoms with van der Waals surface area (Å²) >= 11 is 6.30. The lowest BCUT2D eigenvalue weighted by Gasteiger charge is -2.41. The topological polar surface area (TPSA) is 12.0 Å². The molecule has 3 rings (SSSR count). The van der Waals surface area contributed by atoms with Crippen molar-refractivity contribution in [1.82, 2.24) is 0 Å². The Bertz CT molecular complexity index is 618. The molecule has 0 spiro atoms. The minimum Gasteiger partial charge on any atom is -0.376 e. The van der Waals surface area contributed by atoms with E-state index in [-0.39, 0.29) is 5.41 Å². The summed E-state index contributed by atoms with van der Waals surface area (Å²) in [5.41, 5.74) is 4.09. The number of hydrogen-bond donors (Lipinski definition) is 1. The minimum absolute atomic E-state index is 0.216. The third-order valence-corrected chi connectivity index (χ3v) is 4.69. The van der Waals surface area contributed by atoms with Crippen LogP contribution in [0.2, 0.25) is 5.02 Å². The molecule has 0 radical (unpaired) electrons. The van der Waals surface area contributed by atoms with Crippen LogP contribution >= 0.6 is 11.6 Å². The van der Waals surface area contributed by atoms with E-state index in [1.165, 1.54) is 17.5 Å². The van der Waals surface area contributed by atoms with E-state index in [1.807, 2.05) is 18.2 Å². The number of benzene rings is 2. The van der Waals surface area contributed by atoms with Crippen molar-refractivity contribution in [2.75, 3.05) is 5.32 Å². The van der Waals surface area contributed by atoms with Crippen LogP contribution in [0.5, 0.6) is 0 Å². The molecule has 1 aliphatic rings. The lowest BCUT2D eigenvalue weighted by molar-refractivity contribution is 0.265. The summed E-state index contributed by atoms with van der Waals surface area (Å²) in [6, 6.07) is 17.0. The molecule has 1 N–H and O–H groups in total. The standard InChI is InChI=1S/C18H20ClN/c1-18(2)12-11-13-7-3-4-8-14(13)17(18)20-16-10-6-5-9-15(16)19/h3-10,17,20H,11-12H2,1-2H3. The van der Waals surface area contributed by atoms with E-state index >= 15 is 0 Å².